The van der Waals surface area contributed by atoms with Crippen molar-refractivity contribution in [2.45, 2.75) is 23.8 Å². The van der Waals surface area contributed by atoms with Crippen molar-refractivity contribution >= 4 is 46.6 Å². The lowest BCUT2D eigenvalue weighted by atomic mass is 10.1. The second-order valence-corrected chi connectivity index (χ2v) is 8.34. The number of alkyl halides is 1. The predicted molar refractivity (Wildman–Crippen MR) is 97.6 cm³/mol. The van der Waals surface area contributed by atoms with Gasteiger partial charge in [0.15, 0.2) is 0 Å². The van der Waals surface area contributed by atoms with Gasteiger partial charge in [-0.2, -0.15) is 0 Å². The zero-order valence-corrected chi connectivity index (χ0v) is 15.5. The SMILES string of the molecule is Clc1ccc([C@@H](Cn2ccnc2)OCC2CCSC2Cl)c(Cl)c1. The van der Waals surface area contributed by atoms with Gasteiger partial charge in [0.05, 0.1) is 24.2 Å². The van der Waals surface area contributed by atoms with Crippen molar-refractivity contribution in [2.24, 2.45) is 5.92 Å². The van der Waals surface area contributed by atoms with Gasteiger partial charge in [0.2, 0.25) is 0 Å². The minimum atomic E-state index is -0.163. The van der Waals surface area contributed by atoms with Gasteiger partial charge in [0.1, 0.15) is 6.10 Å². The minimum Gasteiger partial charge on any atom is -0.371 e. The summed E-state index contributed by atoms with van der Waals surface area (Å²) in [6, 6.07) is 5.51. The minimum absolute atomic E-state index is 0.129. The molecule has 2 aromatic rings. The molecule has 0 bridgehead atoms. The second-order valence-electron chi connectivity index (χ2n) is 5.52. The molecule has 23 heavy (non-hydrogen) atoms. The fourth-order valence-corrected chi connectivity index (χ4v) is 4.73. The molecular formula is C16H17Cl3N2OS. The highest BCUT2D eigenvalue weighted by molar-refractivity contribution is 8.01. The quantitative estimate of drug-likeness (QED) is 0.628. The van der Waals surface area contributed by atoms with E-state index in [4.69, 9.17) is 39.5 Å². The molecule has 0 aliphatic carbocycles. The zero-order chi connectivity index (χ0) is 16.2. The Labute approximate surface area is 155 Å². The Balaban J connectivity index is 1.75. The van der Waals surface area contributed by atoms with Crippen LogP contribution in [-0.4, -0.2) is 26.6 Å². The summed E-state index contributed by atoms with van der Waals surface area (Å²) in [4.78, 5) is 4.08. The third kappa shape index (κ3) is 4.58. The molecule has 0 N–H and O–H groups in total. The number of imidazole rings is 1. The maximum atomic E-state index is 6.37. The van der Waals surface area contributed by atoms with Gasteiger partial charge in [-0.3, -0.25) is 0 Å². The van der Waals surface area contributed by atoms with Crippen molar-refractivity contribution < 1.29 is 4.74 Å². The Morgan fingerprint density at radius 2 is 2.26 bits per heavy atom. The molecule has 1 aliphatic rings. The summed E-state index contributed by atoms with van der Waals surface area (Å²) in [5.74, 6) is 1.47. The smallest absolute Gasteiger partial charge is 0.102 e. The summed E-state index contributed by atoms with van der Waals surface area (Å²) in [5.41, 5.74) is 0.932. The molecule has 7 heteroatoms. The maximum Gasteiger partial charge on any atom is 0.102 e. The van der Waals surface area contributed by atoms with E-state index in [2.05, 4.69) is 4.98 Å². The molecule has 3 nitrogen and oxygen atoms in total. The van der Waals surface area contributed by atoms with Crippen LogP contribution in [0.2, 0.25) is 10.0 Å². The van der Waals surface area contributed by atoms with E-state index in [-0.39, 0.29) is 10.8 Å². The number of nitrogens with zero attached hydrogens (tertiary/aromatic N) is 2. The summed E-state index contributed by atoms with van der Waals surface area (Å²) < 4.78 is 8.32. The zero-order valence-electron chi connectivity index (χ0n) is 12.4. The van der Waals surface area contributed by atoms with Crippen molar-refractivity contribution in [1.82, 2.24) is 9.55 Å². The molecule has 2 unspecified atom stereocenters. The fourth-order valence-electron chi connectivity index (χ4n) is 2.59. The molecular weight excluding hydrogens is 375 g/mol. The Morgan fingerprint density at radius 3 is 2.91 bits per heavy atom. The van der Waals surface area contributed by atoms with Gasteiger partial charge in [-0.05, 0) is 24.3 Å². The highest BCUT2D eigenvalue weighted by Gasteiger charge is 2.28. The lowest BCUT2D eigenvalue weighted by Crippen LogP contribution is -2.19. The second kappa shape index (κ2) is 8.13. The summed E-state index contributed by atoms with van der Waals surface area (Å²) in [6.07, 6.45) is 6.36. The first kappa shape index (κ1) is 17.4. The van der Waals surface area contributed by atoms with Gasteiger partial charge in [-0.15, -0.1) is 23.4 Å². The van der Waals surface area contributed by atoms with Crippen molar-refractivity contribution in [2.75, 3.05) is 12.4 Å². The van der Waals surface area contributed by atoms with E-state index in [1.807, 2.05) is 22.9 Å². The van der Waals surface area contributed by atoms with Gasteiger partial charge < -0.3 is 9.30 Å². The molecule has 0 saturated carbocycles. The molecule has 3 atom stereocenters. The summed E-state index contributed by atoms with van der Waals surface area (Å²) in [5, 5.41) is 1.24. The number of thioether (sulfide) groups is 1. The number of ether oxygens (including phenoxy) is 1. The summed E-state index contributed by atoms with van der Waals surface area (Å²) in [7, 11) is 0. The van der Waals surface area contributed by atoms with Gasteiger partial charge in [0.25, 0.3) is 0 Å². The van der Waals surface area contributed by atoms with Crippen LogP contribution < -0.4 is 0 Å². The lowest BCUT2D eigenvalue weighted by Gasteiger charge is -2.23. The van der Waals surface area contributed by atoms with Gasteiger partial charge in [-0.25, -0.2) is 4.98 Å². The van der Waals surface area contributed by atoms with Crippen LogP contribution in [0.4, 0.5) is 0 Å². The average Bonchev–Trinajstić information content (AvgIpc) is 3.16. The monoisotopic (exact) mass is 390 g/mol. The van der Waals surface area contributed by atoms with E-state index in [0.717, 1.165) is 17.7 Å². The van der Waals surface area contributed by atoms with Crippen LogP contribution in [0, 0.1) is 5.92 Å². The summed E-state index contributed by atoms with van der Waals surface area (Å²) in [6.45, 7) is 1.27. The molecule has 3 rings (SSSR count). The van der Waals surface area contributed by atoms with Crippen molar-refractivity contribution in [3.05, 3.63) is 52.5 Å². The van der Waals surface area contributed by atoms with Crippen LogP contribution in [0.3, 0.4) is 0 Å². The first-order chi connectivity index (χ1) is 11.1. The van der Waals surface area contributed by atoms with E-state index in [1.54, 1.807) is 30.4 Å². The molecule has 1 saturated heterocycles. The van der Waals surface area contributed by atoms with E-state index >= 15 is 0 Å². The van der Waals surface area contributed by atoms with Gasteiger partial charge in [-0.1, -0.05) is 29.3 Å². The molecule has 0 amide bonds. The predicted octanol–water partition coefficient (Wildman–Crippen LogP) is 5.27. The number of benzene rings is 1. The molecule has 1 fully saturated rings. The molecule has 2 heterocycles. The van der Waals surface area contributed by atoms with E-state index in [9.17, 15) is 0 Å². The molecule has 0 radical (unpaired) electrons. The number of halogens is 3. The molecule has 1 aromatic carbocycles. The number of aromatic nitrogens is 2. The lowest BCUT2D eigenvalue weighted by molar-refractivity contribution is 0.0208. The van der Waals surface area contributed by atoms with Crippen molar-refractivity contribution in [3.8, 4) is 0 Å². The van der Waals surface area contributed by atoms with Gasteiger partial charge >= 0.3 is 0 Å². The van der Waals surface area contributed by atoms with Crippen LogP contribution >= 0.6 is 46.6 Å². The van der Waals surface area contributed by atoms with Crippen molar-refractivity contribution in [3.63, 3.8) is 0 Å². The normalized spacial score (nSPS) is 22.4. The maximum absolute atomic E-state index is 6.37. The first-order valence-electron chi connectivity index (χ1n) is 7.41. The van der Waals surface area contributed by atoms with Crippen LogP contribution in [0.1, 0.15) is 18.1 Å². The standard InChI is InChI=1S/C16H17Cl3N2OS/c17-12-1-2-13(14(18)7-12)15(8-21-5-4-20-10-21)22-9-11-3-6-23-16(11)19/h1-2,4-5,7,10-11,15-16H,3,6,8-9H2/t11?,15-,16?/m1/s1. The number of rotatable bonds is 6. The molecule has 0 spiro atoms. The first-order valence-corrected chi connectivity index (χ1v) is 9.65. The topological polar surface area (TPSA) is 27.1 Å². The van der Waals surface area contributed by atoms with Crippen LogP contribution in [0.5, 0.6) is 0 Å². The number of hydrogen-bond acceptors (Lipinski definition) is 3. The molecule has 1 aromatic heterocycles. The van der Waals surface area contributed by atoms with Crippen LogP contribution in [0.25, 0.3) is 0 Å². The largest absolute Gasteiger partial charge is 0.371 e. The van der Waals surface area contributed by atoms with Crippen LogP contribution in [-0.2, 0) is 11.3 Å². The van der Waals surface area contributed by atoms with Crippen molar-refractivity contribution in [1.29, 1.82) is 0 Å². The van der Waals surface area contributed by atoms with Crippen LogP contribution in [0.15, 0.2) is 36.9 Å². The van der Waals surface area contributed by atoms with Gasteiger partial charge in [0, 0.05) is 33.9 Å². The third-order valence-corrected chi connectivity index (χ3v) is 6.36. The Morgan fingerprint density at radius 1 is 1.39 bits per heavy atom. The molecule has 124 valence electrons. The van der Waals surface area contributed by atoms with E-state index in [0.29, 0.717) is 29.1 Å². The molecule has 1 aliphatic heterocycles. The Hall–Kier alpha value is -0.390. The highest BCUT2D eigenvalue weighted by Crippen LogP contribution is 2.37. The Kier molecular flexibility index (Phi) is 6.16. The average molecular weight is 392 g/mol. The van der Waals surface area contributed by atoms with E-state index in [1.165, 1.54) is 0 Å². The number of hydrogen-bond donors (Lipinski definition) is 0. The fraction of sp³-hybridized carbons (Fsp3) is 0.438. The van der Waals surface area contributed by atoms with E-state index < -0.39 is 0 Å². The summed E-state index contributed by atoms with van der Waals surface area (Å²) >= 11 is 20.5. The Bertz CT molecular complexity index is 638. The highest BCUT2D eigenvalue weighted by atomic mass is 35.5. The third-order valence-electron chi connectivity index (χ3n) is 3.89.